The number of carbonyl (C=O) groups is 1. The lowest BCUT2D eigenvalue weighted by atomic mass is 10.2. The van der Waals surface area contributed by atoms with Gasteiger partial charge in [-0.05, 0) is 13.5 Å². The molecule has 78 valence electrons. The van der Waals surface area contributed by atoms with Gasteiger partial charge >= 0.3 is 5.97 Å². The van der Waals surface area contributed by atoms with E-state index in [1.54, 1.807) is 14.0 Å². The van der Waals surface area contributed by atoms with Crippen molar-refractivity contribution in [3.63, 3.8) is 0 Å². The van der Waals surface area contributed by atoms with Crippen molar-refractivity contribution in [3.05, 3.63) is 0 Å². The minimum atomic E-state index is -0.737. The van der Waals surface area contributed by atoms with Crippen LogP contribution in [0.25, 0.3) is 0 Å². The van der Waals surface area contributed by atoms with E-state index < -0.39 is 5.97 Å². The Labute approximate surface area is 79.5 Å². The second-order valence-corrected chi connectivity index (χ2v) is 3.35. The van der Waals surface area contributed by atoms with Crippen LogP contribution in [0.1, 0.15) is 13.3 Å². The lowest BCUT2D eigenvalue weighted by Gasteiger charge is -2.18. The molecular formula is C9H19NO3. The van der Waals surface area contributed by atoms with E-state index in [0.717, 1.165) is 19.6 Å². The minimum Gasteiger partial charge on any atom is -0.481 e. The van der Waals surface area contributed by atoms with Gasteiger partial charge in [-0.15, -0.1) is 0 Å². The van der Waals surface area contributed by atoms with Crippen molar-refractivity contribution in [2.45, 2.75) is 13.3 Å². The standard InChI is InChI=1S/C9H19NO3/c1-8(9(11)12)7-10(2)5-4-6-13-3/h8H,4-7H2,1-3H3,(H,11,12). The number of carboxylic acid groups (broad SMARTS) is 1. The number of hydrogen-bond donors (Lipinski definition) is 1. The second-order valence-electron chi connectivity index (χ2n) is 3.35. The summed E-state index contributed by atoms with van der Waals surface area (Å²) in [7, 11) is 3.59. The van der Waals surface area contributed by atoms with Gasteiger partial charge in [0.2, 0.25) is 0 Å². The molecule has 0 amide bonds. The van der Waals surface area contributed by atoms with E-state index in [9.17, 15) is 4.79 Å². The average molecular weight is 189 g/mol. The average Bonchev–Trinajstić information content (AvgIpc) is 2.04. The van der Waals surface area contributed by atoms with Crippen LogP contribution in [0.5, 0.6) is 0 Å². The van der Waals surface area contributed by atoms with E-state index in [1.807, 2.05) is 11.9 Å². The van der Waals surface area contributed by atoms with E-state index >= 15 is 0 Å². The maximum Gasteiger partial charge on any atom is 0.307 e. The third-order valence-corrected chi connectivity index (χ3v) is 1.90. The van der Waals surface area contributed by atoms with Gasteiger partial charge < -0.3 is 14.7 Å². The first-order valence-electron chi connectivity index (χ1n) is 4.48. The first kappa shape index (κ1) is 12.4. The van der Waals surface area contributed by atoms with Gasteiger partial charge in [-0.1, -0.05) is 6.92 Å². The Kier molecular flexibility index (Phi) is 6.54. The van der Waals surface area contributed by atoms with Crippen molar-refractivity contribution in [2.24, 2.45) is 5.92 Å². The molecule has 0 aromatic carbocycles. The number of carboxylic acids is 1. The lowest BCUT2D eigenvalue weighted by molar-refractivity contribution is -0.141. The Bertz CT molecular complexity index is 150. The van der Waals surface area contributed by atoms with Crippen LogP contribution >= 0.6 is 0 Å². The van der Waals surface area contributed by atoms with Gasteiger partial charge in [-0.25, -0.2) is 0 Å². The Morgan fingerprint density at radius 2 is 2.23 bits per heavy atom. The highest BCUT2D eigenvalue weighted by atomic mass is 16.5. The van der Waals surface area contributed by atoms with Gasteiger partial charge in [0.15, 0.2) is 0 Å². The van der Waals surface area contributed by atoms with Gasteiger partial charge in [-0.2, -0.15) is 0 Å². The molecule has 13 heavy (non-hydrogen) atoms. The van der Waals surface area contributed by atoms with E-state index in [2.05, 4.69) is 0 Å². The van der Waals surface area contributed by atoms with Crippen LogP contribution in [-0.4, -0.2) is 49.8 Å². The zero-order valence-electron chi connectivity index (χ0n) is 8.62. The fourth-order valence-corrected chi connectivity index (χ4v) is 1.12. The van der Waals surface area contributed by atoms with Crippen molar-refractivity contribution in [3.8, 4) is 0 Å². The summed E-state index contributed by atoms with van der Waals surface area (Å²) in [5, 5.41) is 8.65. The molecule has 4 heteroatoms. The predicted molar refractivity (Wildman–Crippen MR) is 50.8 cm³/mol. The number of aliphatic carboxylic acids is 1. The number of ether oxygens (including phenoxy) is 1. The van der Waals surface area contributed by atoms with Crippen LogP contribution < -0.4 is 0 Å². The summed E-state index contributed by atoms with van der Waals surface area (Å²) in [5.41, 5.74) is 0. The maximum absolute atomic E-state index is 10.5. The molecule has 0 fully saturated rings. The first-order chi connectivity index (χ1) is 6.07. The van der Waals surface area contributed by atoms with Crippen LogP contribution in [0.4, 0.5) is 0 Å². The fourth-order valence-electron chi connectivity index (χ4n) is 1.12. The molecule has 0 heterocycles. The summed E-state index contributed by atoms with van der Waals surface area (Å²) in [6.07, 6.45) is 0.944. The van der Waals surface area contributed by atoms with Crippen molar-refractivity contribution in [1.82, 2.24) is 4.90 Å². The fraction of sp³-hybridized carbons (Fsp3) is 0.889. The normalized spacial score (nSPS) is 13.2. The molecule has 0 saturated carbocycles. The first-order valence-corrected chi connectivity index (χ1v) is 4.48. The summed E-state index contributed by atoms with van der Waals surface area (Å²) in [5.74, 6) is -1.04. The molecule has 0 aliphatic heterocycles. The topological polar surface area (TPSA) is 49.8 Å². The van der Waals surface area contributed by atoms with Crippen molar-refractivity contribution >= 4 is 5.97 Å². The minimum absolute atomic E-state index is 0.299. The third kappa shape index (κ3) is 6.54. The zero-order valence-corrected chi connectivity index (χ0v) is 8.62. The monoisotopic (exact) mass is 189 g/mol. The van der Waals surface area contributed by atoms with Crippen LogP contribution in [-0.2, 0) is 9.53 Å². The summed E-state index contributed by atoms with van der Waals surface area (Å²) >= 11 is 0. The second kappa shape index (κ2) is 6.86. The van der Waals surface area contributed by atoms with E-state index in [1.165, 1.54) is 0 Å². The smallest absolute Gasteiger partial charge is 0.307 e. The van der Waals surface area contributed by atoms with Crippen LogP contribution in [0.2, 0.25) is 0 Å². The number of hydrogen-bond acceptors (Lipinski definition) is 3. The van der Waals surface area contributed by atoms with Crippen molar-refractivity contribution < 1.29 is 14.6 Å². The quantitative estimate of drug-likeness (QED) is 0.598. The van der Waals surface area contributed by atoms with Crippen LogP contribution in [0, 0.1) is 5.92 Å². The van der Waals surface area contributed by atoms with Gasteiger partial charge in [-0.3, -0.25) is 4.79 Å². The molecular weight excluding hydrogens is 170 g/mol. The highest BCUT2D eigenvalue weighted by molar-refractivity contribution is 5.69. The number of nitrogens with zero attached hydrogens (tertiary/aromatic N) is 1. The molecule has 0 aromatic rings. The van der Waals surface area contributed by atoms with Crippen molar-refractivity contribution in [1.29, 1.82) is 0 Å². The highest BCUT2D eigenvalue weighted by Gasteiger charge is 2.12. The predicted octanol–water partition coefficient (Wildman–Crippen LogP) is 0.675. The van der Waals surface area contributed by atoms with E-state index in [-0.39, 0.29) is 5.92 Å². The lowest BCUT2D eigenvalue weighted by Crippen LogP contribution is -2.29. The molecule has 0 spiro atoms. The zero-order chi connectivity index (χ0) is 10.3. The van der Waals surface area contributed by atoms with E-state index in [0.29, 0.717) is 6.54 Å². The maximum atomic E-state index is 10.5. The summed E-state index contributed by atoms with van der Waals surface area (Å²) in [4.78, 5) is 12.5. The molecule has 0 bridgehead atoms. The SMILES string of the molecule is COCCCN(C)CC(C)C(=O)O. The van der Waals surface area contributed by atoms with Crippen LogP contribution in [0.15, 0.2) is 0 Å². The molecule has 0 rings (SSSR count). The Hall–Kier alpha value is -0.610. The summed E-state index contributed by atoms with van der Waals surface area (Å²) in [6, 6.07) is 0. The van der Waals surface area contributed by atoms with Gasteiger partial charge in [0.25, 0.3) is 0 Å². The van der Waals surface area contributed by atoms with Gasteiger partial charge in [0, 0.05) is 26.8 Å². The molecule has 0 aliphatic rings. The molecule has 0 aromatic heterocycles. The van der Waals surface area contributed by atoms with Gasteiger partial charge in [0.05, 0.1) is 5.92 Å². The molecule has 0 aliphatic carbocycles. The highest BCUT2D eigenvalue weighted by Crippen LogP contribution is 1.98. The summed E-state index contributed by atoms with van der Waals surface area (Å²) < 4.78 is 4.90. The molecule has 0 saturated heterocycles. The van der Waals surface area contributed by atoms with Gasteiger partial charge in [0.1, 0.15) is 0 Å². The number of rotatable bonds is 7. The largest absolute Gasteiger partial charge is 0.481 e. The Morgan fingerprint density at radius 1 is 1.62 bits per heavy atom. The Morgan fingerprint density at radius 3 is 2.69 bits per heavy atom. The van der Waals surface area contributed by atoms with Crippen LogP contribution in [0.3, 0.4) is 0 Å². The molecule has 0 radical (unpaired) electrons. The molecule has 4 nitrogen and oxygen atoms in total. The molecule has 1 unspecified atom stereocenters. The van der Waals surface area contributed by atoms with Crippen molar-refractivity contribution in [2.75, 3.05) is 33.9 Å². The number of methoxy groups -OCH3 is 1. The Balaban J connectivity index is 3.49. The molecule has 1 atom stereocenters. The third-order valence-electron chi connectivity index (χ3n) is 1.90. The summed E-state index contributed by atoms with van der Waals surface area (Å²) in [6.45, 7) is 3.92. The molecule has 1 N–H and O–H groups in total. The van der Waals surface area contributed by atoms with E-state index in [4.69, 9.17) is 9.84 Å².